The number of ether oxygens (including phenoxy) is 1. The Hall–Kier alpha value is -2.06. The molecule has 1 aromatic rings. The molecule has 2 fully saturated rings. The average molecular weight is 285 g/mol. The van der Waals surface area contributed by atoms with Crippen LogP contribution >= 0.6 is 0 Å². The SMILES string of the molecule is COc1cccc(C#N)c1N1CCCC(NC2CC2)C1=O. The fourth-order valence-corrected chi connectivity index (χ4v) is 2.84. The fourth-order valence-electron chi connectivity index (χ4n) is 2.84. The van der Waals surface area contributed by atoms with E-state index in [4.69, 9.17) is 4.74 Å². The first-order valence-electron chi connectivity index (χ1n) is 7.39. The number of methoxy groups -OCH3 is 1. The van der Waals surface area contributed by atoms with Crippen molar-refractivity contribution in [2.24, 2.45) is 0 Å². The second kappa shape index (κ2) is 5.74. The van der Waals surface area contributed by atoms with Crippen molar-refractivity contribution in [3.05, 3.63) is 23.8 Å². The third-order valence-electron chi connectivity index (χ3n) is 4.06. The van der Waals surface area contributed by atoms with E-state index in [9.17, 15) is 10.1 Å². The van der Waals surface area contributed by atoms with E-state index in [-0.39, 0.29) is 11.9 Å². The summed E-state index contributed by atoms with van der Waals surface area (Å²) in [7, 11) is 1.56. The van der Waals surface area contributed by atoms with Gasteiger partial charge in [0.2, 0.25) is 5.91 Å². The lowest BCUT2D eigenvalue weighted by Crippen LogP contribution is -2.51. The summed E-state index contributed by atoms with van der Waals surface area (Å²) in [5.41, 5.74) is 1.09. The summed E-state index contributed by atoms with van der Waals surface area (Å²) in [5.74, 6) is 0.628. The first kappa shape index (κ1) is 13.9. The molecule has 0 radical (unpaired) electrons. The van der Waals surface area contributed by atoms with Gasteiger partial charge in [-0.3, -0.25) is 4.79 Å². The Balaban J connectivity index is 1.91. The van der Waals surface area contributed by atoms with Gasteiger partial charge < -0.3 is 15.0 Å². The minimum atomic E-state index is -0.136. The monoisotopic (exact) mass is 285 g/mol. The number of nitriles is 1. The van der Waals surface area contributed by atoms with Crippen molar-refractivity contribution in [2.75, 3.05) is 18.6 Å². The molecule has 1 aliphatic heterocycles. The molecule has 3 rings (SSSR count). The van der Waals surface area contributed by atoms with Crippen LogP contribution in [0.4, 0.5) is 5.69 Å². The number of carbonyl (C=O) groups excluding carboxylic acids is 1. The number of carbonyl (C=O) groups is 1. The molecule has 21 heavy (non-hydrogen) atoms. The molecule has 1 saturated carbocycles. The Bertz CT molecular complexity index is 590. The van der Waals surface area contributed by atoms with Gasteiger partial charge in [0.25, 0.3) is 0 Å². The highest BCUT2D eigenvalue weighted by Gasteiger charge is 2.35. The van der Waals surface area contributed by atoms with Gasteiger partial charge in [0.05, 0.1) is 18.7 Å². The van der Waals surface area contributed by atoms with E-state index in [2.05, 4.69) is 11.4 Å². The molecule has 2 aliphatic rings. The largest absolute Gasteiger partial charge is 0.495 e. The van der Waals surface area contributed by atoms with Gasteiger partial charge in [-0.2, -0.15) is 5.26 Å². The maximum absolute atomic E-state index is 12.7. The van der Waals surface area contributed by atoms with Gasteiger partial charge in [0.15, 0.2) is 0 Å². The molecular weight excluding hydrogens is 266 g/mol. The molecule has 1 atom stereocenters. The first-order valence-corrected chi connectivity index (χ1v) is 7.39. The number of para-hydroxylation sites is 1. The Morgan fingerprint density at radius 3 is 2.86 bits per heavy atom. The van der Waals surface area contributed by atoms with E-state index in [1.807, 2.05) is 0 Å². The highest BCUT2D eigenvalue weighted by Crippen LogP contribution is 2.34. The zero-order valence-corrected chi connectivity index (χ0v) is 12.1. The van der Waals surface area contributed by atoms with Crippen molar-refractivity contribution in [3.8, 4) is 11.8 Å². The summed E-state index contributed by atoms with van der Waals surface area (Å²) >= 11 is 0. The maximum atomic E-state index is 12.7. The van der Waals surface area contributed by atoms with E-state index in [0.717, 1.165) is 25.7 Å². The van der Waals surface area contributed by atoms with Crippen molar-refractivity contribution in [3.63, 3.8) is 0 Å². The second-order valence-electron chi connectivity index (χ2n) is 5.59. The number of nitrogens with one attached hydrogen (secondary N) is 1. The third-order valence-corrected chi connectivity index (χ3v) is 4.06. The van der Waals surface area contributed by atoms with Crippen LogP contribution in [0.1, 0.15) is 31.2 Å². The Kier molecular flexibility index (Phi) is 3.80. The summed E-state index contributed by atoms with van der Waals surface area (Å²) in [4.78, 5) is 14.4. The summed E-state index contributed by atoms with van der Waals surface area (Å²) in [6, 6.07) is 7.81. The lowest BCUT2D eigenvalue weighted by Gasteiger charge is -2.34. The molecule has 0 aromatic heterocycles. The van der Waals surface area contributed by atoms with Crippen molar-refractivity contribution in [2.45, 2.75) is 37.8 Å². The molecule has 1 heterocycles. The van der Waals surface area contributed by atoms with Crippen LogP contribution in [0.3, 0.4) is 0 Å². The normalized spacial score (nSPS) is 22.0. The summed E-state index contributed by atoms with van der Waals surface area (Å²) in [6.45, 7) is 0.636. The second-order valence-corrected chi connectivity index (χ2v) is 5.59. The Morgan fingerprint density at radius 2 is 2.19 bits per heavy atom. The molecule has 1 saturated heterocycles. The van der Waals surface area contributed by atoms with Gasteiger partial charge in [-0.05, 0) is 37.8 Å². The smallest absolute Gasteiger partial charge is 0.244 e. The topological polar surface area (TPSA) is 65.4 Å². The maximum Gasteiger partial charge on any atom is 0.244 e. The van der Waals surface area contributed by atoms with Gasteiger partial charge in [-0.1, -0.05) is 6.07 Å². The third kappa shape index (κ3) is 2.72. The zero-order valence-electron chi connectivity index (χ0n) is 12.1. The van der Waals surface area contributed by atoms with E-state index in [1.54, 1.807) is 30.2 Å². The molecule has 110 valence electrons. The van der Waals surface area contributed by atoms with E-state index in [0.29, 0.717) is 29.6 Å². The highest BCUT2D eigenvalue weighted by molar-refractivity contribution is 6.00. The highest BCUT2D eigenvalue weighted by atomic mass is 16.5. The van der Waals surface area contributed by atoms with Gasteiger partial charge in [0.1, 0.15) is 17.5 Å². The van der Waals surface area contributed by atoms with Crippen LogP contribution in [0.2, 0.25) is 0 Å². The molecular formula is C16H19N3O2. The standard InChI is InChI=1S/C16H19N3O2/c1-21-14-6-2-4-11(10-17)15(14)19-9-3-5-13(16(19)20)18-12-7-8-12/h2,4,6,12-13,18H,3,5,7-9H2,1H3. The molecule has 1 amide bonds. The number of benzene rings is 1. The predicted molar refractivity (Wildman–Crippen MR) is 79.2 cm³/mol. The van der Waals surface area contributed by atoms with Crippen molar-refractivity contribution >= 4 is 11.6 Å². The molecule has 0 spiro atoms. The lowest BCUT2D eigenvalue weighted by atomic mass is 10.0. The molecule has 1 N–H and O–H groups in total. The lowest BCUT2D eigenvalue weighted by molar-refractivity contribution is -0.121. The van der Waals surface area contributed by atoms with Gasteiger partial charge in [-0.15, -0.1) is 0 Å². The fraction of sp³-hybridized carbons (Fsp3) is 0.500. The predicted octanol–water partition coefficient (Wildman–Crippen LogP) is 1.81. The number of anilines is 1. The molecule has 1 aliphatic carbocycles. The number of rotatable bonds is 4. The van der Waals surface area contributed by atoms with Gasteiger partial charge in [-0.25, -0.2) is 0 Å². The van der Waals surface area contributed by atoms with Crippen LogP contribution in [0.15, 0.2) is 18.2 Å². The van der Waals surface area contributed by atoms with Crippen molar-refractivity contribution in [1.82, 2.24) is 5.32 Å². The average Bonchev–Trinajstić information content (AvgIpc) is 3.32. The Morgan fingerprint density at radius 1 is 1.38 bits per heavy atom. The van der Waals surface area contributed by atoms with Crippen LogP contribution in [0.25, 0.3) is 0 Å². The molecule has 1 aromatic carbocycles. The number of amides is 1. The molecule has 5 nitrogen and oxygen atoms in total. The van der Waals surface area contributed by atoms with E-state index >= 15 is 0 Å². The van der Waals surface area contributed by atoms with Crippen molar-refractivity contribution in [1.29, 1.82) is 5.26 Å². The Labute approximate surface area is 124 Å². The molecule has 5 heteroatoms. The number of piperidine rings is 1. The summed E-state index contributed by atoms with van der Waals surface area (Å²) < 4.78 is 5.35. The molecule has 1 unspecified atom stereocenters. The molecule has 0 bridgehead atoms. The minimum Gasteiger partial charge on any atom is -0.495 e. The van der Waals surface area contributed by atoms with E-state index in [1.165, 1.54) is 0 Å². The zero-order chi connectivity index (χ0) is 14.8. The van der Waals surface area contributed by atoms with Crippen LogP contribution in [0.5, 0.6) is 5.75 Å². The van der Waals surface area contributed by atoms with Crippen LogP contribution < -0.4 is 15.0 Å². The summed E-state index contributed by atoms with van der Waals surface area (Å²) in [6.07, 6.45) is 4.10. The van der Waals surface area contributed by atoms with Crippen LogP contribution in [-0.4, -0.2) is 31.6 Å². The van der Waals surface area contributed by atoms with E-state index < -0.39 is 0 Å². The van der Waals surface area contributed by atoms with Crippen LogP contribution in [0, 0.1) is 11.3 Å². The minimum absolute atomic E-state index is 0.0501. The summed E-state index contributed by atoms with van der Waals surface area (Å²) in [5, 5.41) is 12.7. The first-order chi connectivity index (χ1) is 10.2. The van der Waals surface area contributed by atoms with Gasteiger partial charge in [0, 0.05) is 12.6 Å². The van der Waals surface area contributed by atoms with Crippen LogP contribution in [-0.2, 0) is 4.79 Å². The number of hydrogen-bond donors (Lipinski definition) is 1. The van der Waals surface area contributed by atoms with Gasteiger partial charge >= 0.3 is 0 Å². The van der Waals surface area contributed by atoms with Crippen molar-refractivity contribution < 1.29 is 9.53 Å². The number of nitrogens with zero attached hydrogens (tertiary/aromatic N) is 2. The number of hydrogen-bond acceptors (Lipinski definition) is 4. The quantitative estimate of drug-likeness (QED) is 0.916.